The van der Waals surface area contributed by atoms with Crippen molar-refractivity contribution in [1.82, 2.24) is 14.1 Å². The van der Waals surface area contributed by atoms with E-state index in [1.54, 1.807) is 35.8 Å². The first kappa shape index (κ1) is 26.5. The van der Waals surface area contributed by atoms with E-state index in [0.29, 0.717) is 43.9 Å². The molecule has 0 atom stereocenters. The maximum Gasteiger partial charge on any atom is 0.409 e. The number of hydrogen-bond donors (Lipinski definition) is 0. The van der Waals surface area contributed by atoms with Gasteiger partial charge < -0.3 is 19.3 Å². The Kier molecular flexibility index (Phi) is 9.11. The lowest BCUT2D eigenvalue weighted by Crippen LogP contribution is -2.53. The average Bonchev–Trinajstić information content (AvgIpc) is 2.87. The summed E-state index contributed by atoms with van der Waals surface area (Å²) in [5.74, 6) is 0.297. The molecule has 0 saturated carbocycles. The number of amides is 2. The van der Waals surface area contributed by atoms with Crippen LogP contribution in [0.1, 0.15) is 18.1 Å². The van der Waals surface area contributed by atoms with Gasteiger partial charge in [-0.05, 0) is 49.6 Å². The van der Waals surface area contributed by atoms with E-state index in [1.165, 1.54) is 17.5 Å². The minimum Gasteiger partial charge on any atom is -0.496 e. The Hall–Kier alpha value is -3.11. The number of ether oxygens (including phenoxy) is 2. The molecule has 35 heavy (non-hydrogen) atoms. The summed E-state index contributed by atoms with van der Waals surface area (Å²) in [6.45, 7) is 5.03. The van der Waals surface area contributed by atoms with E-state index in [0.717, 1.165) is 5.56 Å². The fraction of sp³-hybridized carbons (Fsp3) is 0.440. The molecular weight excluding hydrogens is 470 g/mol. The number of piperazine rings is 1. The van der Waals surface area contributed by atoms with Crippen molar-refractivity contribution < 1.29 is 27.5 Å². The fourth-order valence-corrected chi connectivity index (χ4v) is 5.42. The Morgan fingerprint density at radius 1 is 1.00 bits per heavy atom. The second-order valence-corrected chi connectivity index (χ2v) is 10.2. The molecule has 0 spiro atoms. The van der Waals surface area contributed by atoms with Crippen LogP contribution in [0.25, 0.3) is 0 Å². The van der Waals surface area contributed by atoms with Gasteiger partial charge in [0.1, 0.15) is 5.75 Å². The average molecular weight is 504 g/mol. The van der Waals surface area contributed by atoms with Crippen molar-refractivity contribution in [2.24, 2.45) is 0 Å². The van der Waals surface area contributed by atoms with Gasteiger partial charge in [0.15, 0.2) is 0 Å². The number of carbonyl (C=O) groups is 2. The quantitative estimate of drug-likeness (QED) is 0.522. The predicted molar refractivity (Wildman–Crippen MR) is 132 cm³/mol. The van der Waals surface area contributed by atoms with E-state index < -0.39 is 16.1 Å². The van der Waals surface area contributed by atoms with Crippen LogP contribution in [-0.4, -0.2) is 87.5 Å². The highest BCUT2D eigenvalue weighted by Gasteiger charge is 2.31. The van der Waals surface area contributed by atoms with Gasteiger partial charge in [0.05, 0.1) is 25.2 Å². The normalized spacial score (nSPS) is 14.2. The van der Waals surface area contributed by atoms with E-state index in [9.17, 15) is 18.0 Å². The highest BCUT2D eigenvalue weighted by atomic mass is 32.2. The number of benzene rings is 2. The number of methoxy groups -OCH3 is 1. The summed E-state index contributed by atoms with van der Waals surface area (Å²) in [6, 6.07) is 14.2. The minimum atomic E-state index is -3.94. The molecule has 0 radical (unpaired) electrons. The van der Waals surface area contributed by atoms with Gasteiger partial charge in [0.2, 0.25) is 15.9 Å². The second-order valence-electron chi connectivity index (χ2n) is 8.27. The van der Waals surface area contributed by atoms with Crippen molar-refractivity contribution in [3.05, 3.63) is 59.7 Å². The zero-order valence-corrected chi connectivity index (χ0v) is 21.3. The smallest absolute Gasteiger partial charge is 0.409 e. The Morgan fingerprint density at radius 3 is 2.26 bits per heavy atom. The van der Waals surface area contributed by atoms with E-state index in [4.69, 9.17) is 9.47 Å². The zero-order chi connectivity index (χ0) is 25.4. The summed E-state index contributed by atoms with van der Waals surface area (Å²) in [7, 11) is -2.41. The Morgan fingerprint density at radius 2 is 1.66 bits per heavy atom. The molecule has 10 heteroatoms. The topological polar surface area (TPSA) is 96.5 Å². The molecule has 1 heterocycles. The van der Waals surface area contributed by atoms with Crippen LogP contribution in [0.15, 0.2) is 53.4 Å². The van der Waals surface area contributed by atoms with Crippen LogP contribution in [0.4, 0.5) is 4.79 Å². The molecule has 0 unspecified atom stereocenters. The molecule has 0 aromatic heterocycles. The summed E-state index contributed by atoms with van der Waals surface area (Å²) in [6.07, 6.45) is 0.0700. The van der Waals surface area contributed by atoms with Gasteiger partial charge in [0.25, 0.3) is 0 Å². The summed E-state index contributed by atoms with van der Waals surface area (Å²) >= 11 is 0. The molecule has 2 aromatic rings. The van der Waals surface area contributed by atoms with E-state index in [-0.39, 0.29) is 30.5 Å². The summed E-state index contributed by atoms with van der Waals surface area (Å²) < 4.78 is 38.7. The van der Waals surface area contributed by atoms with Crippen molar-refractivity contribution in [3.63, 3.8) is 0 Å². The number of aryl methyl sites for hydroxylation is 1. The molecular formula is C25H33N3O6S. The Labute approximate surface area is 207 Å². The van der Waals surface area contributed by atoms with Crippen LogP contribution in [0.2, 0.25) is 0 Å². The SMILES string of the molecule is CCOC(=O)N1CCN(C(=O)CN(CCc2ccccc2)S(=O)(=O)c2ccc(OC)c(C)c2)CC1. The van der Waals surface area contributed by atoms with Crippen molar-refractivity contribution in [1.29, 1.82) is 0 Å². The van der Waals surface area contributed by atoms with Crippen molar-refractivity contribution in [3.8, 4) is 5.75 Å². The zero-order valence-electron chi connectivity index (χ0n) is 20.5. The lowest BCUT2D eigenvalue weighted by atomic mass is 10.1. The Bertz CT molecular complexity index is 1120. The summed E-state index contributed by atoms with van der Waals surface area (Å²) in [4.78, 5) is 28.3. The molecule has 190 valence electrons. The van der Waals surface area contributed by atoms with Crippen molar-refractivity contribution in [2.75, 3.05) is 53.0 Å². The summed E-state index contributed by atoms with van der Waals surface area (Å²) in [5.41, 5.74) is 1.67. The molecule has 9 nitrogen and oxygen atoms in total. The van der Waals surface area contributed by atoms with E-state index in [2.05, 4.69) is 0 Å². The maximum absolute atomic E-state index is 13.6. The number of sulfonamides is 1. The van der Waals surface area contributed by atoms with Gasteiger partial charge in [-0.1, -0.05) is 30.3 Å². The molecule has 0 N–H and O–H groups in total. The number of carbonyl (C=O) groups excluding carboxylic acids is 2. The first-order valence-electron chi connectivity index (χ1n) is 11.6. The van der Waals surface area contributed by atoms with Gasteiger partial charge in [-0.3, -0.25) is 4.79 Å². The van der Waals surface area contributed by atoms with Gasteiger partial charge in [0, 0.05) is 32.7 Å². The molecule has 1 aliphatic heterocycles. The van der Waals surface area contributed by atoms with E-state index >= 15 is 0 Å². The van der Waals surface area contributed by atoms with Crippen molar-refractivity contribution >= 4 is 22.0 Å². The van der Waals surface area contributed by atoms with Crippen molar-refractivity contribution in [2.45, 2.75) is 25.2 Å². The van der Waals surface area contributed by atoms with Crippen LogP contribution in [0.3, 0.4) is 0 Å². The van der Waals surface area contributed by atoms with Gasteiger partial charge >= 0.3 is 6.09 Å². The standard InChI is InChI=1S/C25H33N3O6S/c1-4-34-25(30)27-16-14-26(15-17-27)24(29)19-28(13-12-21-8-6-5-7-9-21)35(31,32)22-10-11-23(33-3)20(2)18-22/h5-11,18H,4,12-17,19H2,1-3H3. The third-order valence-corrected chi connectivity index (χ3v) is 7.81. The molecule has 1 aliphatic rings. The molecule has 1 saturated heterocycles. The second kappa shape index (κ2) is 12.0. The van der Waals surface area contributed by atoms with Crippen LogP contribution in [-0.2, 0) is 26.0 Å². The molecule has 2 aromatic carbocycles. The lowest BCUT2D eigenvalue weighted by Gasteiger charge is -2.35. The van der Waals surface area contributed by atoms with Crippen LogP contribution < -0.4 is 4.74 Å². The van der Waals surface area contributed by atoms with Crippen LogP contribution in [0, 0.1) is 6.92 Å². The van der Waals surface area contributed by atoms with Crippen LogP contribution >= 0.6 is 0 Å². The van der Waals surface area contributed by atoms with E-state index in [1.807, 2.05) is 30.3 Å². The summed E-state index contributed by atoms with van der Waals surface area (Å²) in [5, 5.41) is 0. The third-order valence-electron chi connectivity index (χ3n) is 5.97. The number of rotatable bonds is 9. The molecule has 0 aliphatic carbocycles. The minimum absolute atomic E-state index is 0.115. The number of nitrogens with zero attached hydrogens (tertiary/aromatic N) is 3. The fourth-order valence-electron chi connectivity index (χ4n) is 3.95. The Balaban J connectivity index is 1.76. The highest BCUT2D eigenvalue weighted by molar-refractivity contribution is 7.89. The van der Waals surface area contributed by atoms with Gasteiger partial charge in [-0.2, -0.15) is 4.31 Å². The largest absolute Gasteiger partial charge is 0.496 e. The molecule has 1 fully saturated rings. The van der Waals surface area contributed by atoms with Crippen LogP contribution in [0.5, 0.6) is 5.75 Å². The third kappa shape index (κ3) is 6.73. The molecule has 3 rings (SSSR count). The molecule has 0 bridgehead atoms. The maximum atomic E-state index is 13.6. The first-order chi connectivity index (χ1) is 16.8. The first-order valence-corrected chi connectivity index (χ1v) is 13.1. The molecule has 2 amide bonds. The number of hydrogen-bond acceptors (Lipinski definition) is 6. The lowest BCUT2D eigenvalue weighted by molar-refractivity contribution is -0.133. The predicted octanol–water partition coefficient (Wildman–Crippen LogP) is 2.54. The monoisotopic (exact) mass is 503 g/mol. The highest BCUT2D eigenvalue weighted by Crippen LogP contribution is 2.24. The van der Waals surface area contributed by atoms with Gasteiger partial charge in [-0.25, -0.2) is 13.2 Å². The van der Waals surface area contributed by atoms with Gasteiger partial charge in [-0.15, -0.1) is 0 Å².